The van der Waals surface area contributed by atoms with E-state index < -0.39 is 0 Å². The lowest BCUT2D eigenvalue weighted by Gasteiger charge is -2.04. The number of nitrogens with zero attached hydrogens (tertiary/aromatic N) is 3. The summed E-state index contributed by atoms with van der Waals surface area (Å²) in [5, 5.41) is 19.4. The lowest BCUT2D eigenvalue weighted by atomic mass is 10.0. The smallest absolute Gasteiger partial charge is 0.276 e. The molecule has 0 spiro atoms. The lowest BCUT2D eigenvalue weighted by Crippen LogP contribution is -2.12. The van der Waals surface area contributed by atoms with Gasteiger partial charge in [-0.3, -0.25) is 14.9 Å². The summed E-state index contributed by atoms with van der Waals surface area (Å²) >= 11 is 0. The third-order valence-electron chi connectivity index (χ3n) is 4.04. The van der Waals surface area contributed by atoms with Gasteiger partial charge in [0, 0.05) is 29.0 Å². The molecule has 124 valence electrons. The molecule has 0 bridgehead atoms. The number of hydrogen-bond donors (Lipinski definition) is 2. The first-order valence-corrected chi connectivity index (χ1v) is 7.94. The van der Waals surface area contributed by atoms with Crippen LogP contribution in [0.15, 0.2) is 67.0 Å². The molecule has 26 heavy (non-hydrogen) atoms. The highest BCUT2D eigenvalue weighted by atomic mass is 16.1. The number of benzene rings is 2. The Balaban J connectivity index is 1.67. The van der Waals surface area contributed by atoms with Crippen molar-refractivity contribution in [1.82, 2.24) is 15.2 Å². The number of carbonyl (C=O) groups excluding carboxylic acids is 1. The Bertz CT molecular complexity index is 1120. The minimum atomic E-state index is -0.315. The number of amides is 1. The number of carbonyl (C=O) groups is 1. The van der Waals surface area contributed by atoms with Crippen LogP contribution >= 0.6 is 0 Å². The lowest BCUT2D eigenvalue weighted by molar-refractivity contribution is 0.102. The zero-order valence-electron chi connectivity index (χ0n) is 13.6. The van der Waals surface area contributed by atoms with E-state index in [1.165, 1.54) is 0 Å². The van der Waals surface area contributed by atoms with E-state index in [1.54, 1.807) is 36.7 Å². The average molecular weight is 339 g/mol. The highest BCUT2D eigenvalue weighted by Crippen LogP contribution is 2.25. The standard InChI is InChI=1S/C20H13N5O/c21-11-13-3-6-16(7-4-13)23-20(26)19-17-10-14(5-8-18(17)24-25-19)15-2-1-9-22-12-15/h1-10,12H,(H,23,26)(H,24,25). The number of anilines is 1. The van der Waals surface area contributed by atoms with Crippen LogP contribution in [0.5, 0.6) is 0 Å². The summed E-state index contributed by atoms with van der Waals surface area (Å²) in [5.41, 5.74) is 4.16. The molecule has 0 unspecified atom stereocenters. The van der Waals surface area contributed by atoms with Crippen LogP contribution in [0.25, 0.3) is 22.0 Å². The molecule has 2 aromatic carbocycles. The molecule has 0 saturated heterocycles. The summed E-state index contributed by atoms with van der Waals surface area (Å²) in [4.78, 5) is 16.8. The van der Waals surface area contributed by atoms with Gasteiger partial charge in [0.15, 0.2) is 5.69 Å². The van der Waals surface area contributed by atoms with Crippen molar-refractivity contribution in [3.63, 3.8) is 0 Å². The number of pyridine rings is 1. The second-order valence-electron chi connectivity index (χ2n) is 5.72. The Kier molecular flexibility index (Phi) is 3.88. The SMILES string of the molecule is N#Cc1ccc(NC(=O)c2n[nH]c3ccc(-c4cccnc4)cc23)cc1. The van der Waals surface area contributed by atoms with E-state index in [2.05, 4.69) is 20.5 Å². The van der Waals surface area contributed by atoms with Gasteiger partial charge in [-0.15, -0.1) is 0 Å². The van der Waals surface area contributed by atoms with Crippen molar-refractivity contribution in [2.24, 2.45) is 0 Å². The molecule has 2 N–H and O–H groups in total. The Labute approximate surface area is 149 Å². The van der Waals surface area contributed by atoms with E-state index in [-0.39, 0.29) is 5.91 Å². The van der Waals surface area contributed by atoms with E-state index in [9.17, 15) is 4.79 Å². The maximum Gasteiger partial charge on any atom is 0.276 e. The third-order valence-corrected chi connectivity index (χ3v) is 4.04. The number of nitrogens with one attached hydrogen (secondary N) is 2. The van der Waals surface area contributed by atoms with Gasteiger partial charge in [0.25, 0.3) is 5.91 Å². The van der Waals surface area contributed by atoms with Crippen LogP contribution < -0.4 is 5.32 Å². The van der Waals surface area contributed by atoms with E-state index >= 15 is 0 Å². The van der Waals surface area contributed by atoms with Crippen molar-refractivity contribution in [2.45, 2.75) is 0 Å². The molecule has 6 heteroatoms. The third kappa shape index (κ3) is 2.89. The molecule has 2 aromatic heterocycles. The fourth-order valence-corrected chi connectivity index (χ4v) is 2.72. The number of nitriles is 1. The molecule has 4 rings (SSSR count). The second kappa shape index (κ2) is 6.49. The zero-order valence-corrected chi connectivity index (χ0v) is 13.6. The number of H-pyrrole nitrogens is 1. The van der Waals surface area contributed by atoms with Gasteiger partial charge in [-0.1, -0.05) is 12.1 Å². The number of fused-ring (bicyclic) bond motifs is 1. The van der Waals surface area contributed by atoms with Gasteiger partial charge in [0.2, 0.25) is 0 Å². The average Bonchev–Trinajstić information content (AvgIpc) is 3.12. The molecule has 0 aliphatic heterocycles. The van der Waals surface area contributed by atoms with Crippen molar-refractivity contribution >= 4 is 22.5 Å². The van der Waals surface area contributed by atoms with E-state index in [0.29, 0.717) is 16.9 Å². The molecule has 0 radical (unpaired) electrons. The minimum absolute atomic E-state index is 0.315. The van der Waals surface area contributed by atoms with Gasteiger partial charge < -0.3 is 5.32 Å². The van der Waals surface area contributed by atoms with Crippen molar-refractivity contribution in [2.75, 3.05) is 5.32 Å². The Hall–Kier alpha value is -3.98. The molecule has 0 fully saturated rings. The summed E-state index contributed by atoms with van der Waals surface area (Å²) in [7, 11) is 0. The number of rotatable bonds is 3. The van der Waals surface area contributed by atoms with Gasteiger partial charge in [-0.2, -0.15) is 10.4 Å². The molecule has 0 aliphatic carbocycles. The number of aromatic nitrogens is 3. The predicted molar refractivity (Wildman–Crippen MR) is 98.4 cm³/mol. The van der Waals surface area contributed by atoms with E-state index in [0.717, 1.165) is 22.0 Å². The topological polar surface area (TPSA) is 94.5 Å². The zero-order chi connectivity index (χ0) is 17.9. The van der Waals surface area contributed by atoms with Gasteiger partial charge in [-0.25, -0.2) is 0 Å². The summed E-state index contributed by atoms with van der Waals surface area (Å²) in [6.07, 6.45) is 3.49. The fraction of sp³-hybridized carbons (Fsp3) is 0. The van der Waals surface area contributed by atoms with Gasteiger partial charge in [-0.05, 0) is 48.0 Å². The van der Waals surface area contributed by atoms with Crippen LogP contribution in [0.4, 0.5) is 5.69 Å². The van der Waals surface area contributed by atoms with Crippen LogP contribution in [0, 0.1) is 11.3 Å². The Morgan fingerprint density at radius 1 is 1.08 bits per heavy atom. The number of hydrogen-bond acceptors (Lipinski definition) is 4. The predicted octanol–water partition coefficient (Wildman–Crippen LogP) is 3.75. The molecular formula is C20H13N5O. The van der Waals surface area contributed by atoms with Crippen LogP contribution in [-0.2, 0) is 0 Å². The van der Waals surface area contributed by atoms with Gasteiger partial charge in [0.1, 0.15) is 0 Å². The fourth-order valence-electron chi connectivity index (χ4n) is 2.72. The first-order chi connectivity index (χ1) is 12.7. The summed E-state index contributed by atoms with van der Waals surface area (Å²) in [6.45, 7) is 0. The molecule has 1 amide bonds. The quantitative estimate of drug-likeness (QED) is 0.594. The summed E-state index contributed by atoms with van der Waals surface area (Å²) in [6, 6.07) is 18.3. The highest BCUT2D eigenvalue weighted by Gasteiger charge is 2.15. The molecular weight excluding hydrogens is 326 g/mol. The Morgan fingerprint density at radius 2 is 1.92 bits per heavy atom. The monoisotopic (exact) mass is 339 g/mol. The molecule has 2 heterocycles. The molecule has 4 aromatic rings. The maximum absolute atomic E-state index is 12.6. The van der Waals surface area contributed by atoms with Crippen molar-refractivity contribution in [1.29, 1.82) is 5.26 Å². The molecule has 0 aliphatic rings. The maximum atomic E-state index is 12.6. The van der Waals surface area contributed by atoms with Gasteiger partial charge in [0.05, 0.1) is 17.1 Å². The molecule has 6 nitrogen and oxygen atoms in total. The summed E-state index contributed by atoms with van der Waals surface area (Å²) < 4.78 is 0. The normalized spacial score (nSPS) is 10.4. The van der Waals surface area contributed by atoms with Crippen molar-refractivity contribution in [3.05, 3.63) is 78.2 Å². The first-order valence-electron chi connectivity index (χ1n) is 7.94. The van der Waals surface area contributed by atoms with Crippen LogP contribution in [-0.4, -0.2) is 21.1 Å². The second-order valence-corrected chi connectivity index (χ2v) is 5.72. The van der Waals surface area contributed by atoms with Crippen molar-refractivity contribution in [3.8, 4) is 17.2 Å². The highest BCUT2D eigenvalue weighted by molar-refractivity contribution is 6.11. The molecule has 0 atom stereocenters. The minimum Gasteiger partial charge on any atom is -0.321 e. The number of aromatic amines is 1. The van der Waals surface area contributed by atoms with Crippen LogP contribution in [0.3, 0.4) is 0 Å². The summed E-state index contributed by atoms with van der Waals surface area (Å²) in [5.74, 6) is -0.315. The van der Waals surface area contributed by atoms with Crippen LogP contribution in [0.2, 0.25) is 0 Å². The van der Waals surface area contributed by atoms with Crippen molar-refractivity contribution < 1.29 is 4.79 Å². The van der Waals surface area contributed by atoms with E-state index in [4.69, 9.17) is 5.26 Å². The van der Waals surface area contributed by atoms with Crippen LogP contribution in [0.1, 0.15) is 16.1 Å². The first kappa shape index (κ1) is 15.5. The largest absolute Gasteiger partial charge is 0.321 e. The van der Waals surface area contributed by atoms with Gasteiger partial charge >= 0.3 is 0 Å². The molecule has 0 saturated carbocycles. The van der Waals surface area contributed by atoms with E-state index in [1.807, 2.05) is 36.4 Å². The Morgan fingerprint density at radius 3 is 2.65 bits per heavy atom.